The van der Waals surface area contributed by atoms with E-state index in [0.29, 0.717) is 33.3 Å². The van der Waals surface area contributed by atoms with Crippen molar-refractivity contribution in [3.63, 3.8) is 0 Å². The first-order valence-corrected chi connectivity index (χ1v) is 12.1. The number of nitriles is 1. The van der Waals surface area contributed by atoms with E-state index in [4.69, 9.17) is 10.5 Å². The fourth-order valence-electron chi connectivity index (χ4n) is 4.57. The Hall–Kier alpha value is -5.56. The van der Waals surface area contributed by atoms with Gasteiger partial charge in [0.25, 0.3) is 0 Å². The summed E-state index contributed by atoms with van der Waals surface area (Å²) in [4.78, 5) is 19.8. The molecule has 5 aromatic rings. The van der Waals surface area contributed by atoms with E-state index in [0.717, 1.165) is 6.08 Å². The molecule has 0 bridgehead atoms. The zero-order valence-electron chi connectivity index (χ0n) is 21.3. The molecule has 3 aromatic heterocycles. The third kappa shape index (κ3) is 4.72. The summed E-state index contributed by atoms with van der Waals surface area (Å²) in [5.41, 5.74) is 8.78. The summed E-state index contributed by atoms with van der Waals surface area (Å²) in [5.74, 6) is -1.38. The van der Waals surface area contributed by atoms with Crippen LogP contribution in [0, 0.1) is 23.0 Å². The summed E-state index contributed by atoms with van der Waals surface area (Å²) >= 11 is 0. The fourth-order valence-corrected chi connectivity index (χ4v) is 4.57. The van der Waals surface area contributed by atoms with Crippen molar-refractivity contribution in [2.45, 2.75) is 6.54 Å². The number of fused-ring (bicyclic) bond motifs is 1. The largest absolute Gasteiger partial charge is 0.436 e. The second-order valence-corrected chi connectivity index (χ2v) is 8.83. The Morgan fingerprint density at radius 1 is 1.18 bits per heavy atom. The number of ether oxygens (including phenoxy) is 1. The monoisotopic (exact) mass is 536 g/mol. The number of amides is 1. The number of benzene rings is 2. The number of rotatable bonds is 7. The highest BCUT2D eigenvalue weighted by atomic mass is 19.1. The quantitative estimate of drug-likeness (QED) is 0.260. The molecule has 10 heteroatoms. The van der Waals surface area contributed by atoms with E-state index in [1.54, 1.807) is 48.0 Å². The first kappa shape index (κ1) is 26.1. The molecule has 0 aliphatic heterocycles. The molecule has 3 N–H and O–H groups in total. The molecule has 0 saturated heterocycles. The number of hydrogen-bond donors (Lipinski definition) is 2. The summed E-state index contributed by atoms with van der Waals surface area (Å²) < 4.78 is 38.2. The number of nitrogens with zero attached hydrogens (tertiary/aromatic N) is 4. The average molecular weight is 537 g/mol. The third-order valence-corrected chi connectivity index (χ3v) is 6.37. The molecule has 0 aliphatic rings. The molecule has 198 valence electrons. The predicted molar refractivity (Wildman–Crippen MR) is 147 cm³/mol. The van der Waals surface area contributed by atoms with Gasteiger partial charge in [-0.3, -0.25) is 4.79 Å². The van der Waals surface area contributed by atoms with E-state index in [-0.39, 0.29) is 41.0 Å². The highest BCUT2D eigenvalue weighted by Gasteiger charge is 2.25. The molecule has 0 atom stereocenters. The molecule has 0 fully saturated rings. The Labute approximate surface area is 228 Å². The van der Waals surface area contributed by atoms with Crippen LogP contribution in [0.4, 0.5) is 14.6 Å². The van der Waals surface area contributed by atoms with E-state index >= 15 is 8.78 Å². The van der Waals surface area contributed by atoms with E-state index in [1.165, 1.54) is 30.6 Å². The summed E-state index contributed by atoms with van der Waals surface area (Å²) in [5, 5.41) is 12.8. The number of halogens is 2. The Balaban J connectivity index is 1.69. The van der Waals surface area contributed by atoms with Crippen LogP contribution < -0.4 is 15.8 Å². The molecule has 0 saturated carbocycles. The number of carbonyl (C=O) groups is 1. The maximum atomic E-state index is 15.7. The molecule has 0 radical (unpaired) electrons. The molecule has 1 amide bonds. The van der Waals surface area contributed by atoms with Crippen molar-refractivity contribution in [1.82, 2.24) is 19.9 Å². The van der Waals surface area contributed by atoms with E-state index in [2.05, 4.69) is 27.9 Å². The van der Waals surface area contributed by atoms with Crippen LogP contribution in [0.1, 0.15) is 11.1 Å². The third-order valence-electron chi connectivity index (χ3n) is 6.37. The molecule has 8 nitrogen and oxygen atoms in total. The Bertz CT molecular complexity index is 1830. The molecule has 3 heterocycles. The zero-order valence-corrected chi connectivity index (χ0v) is 21.3. The van der Waals surface area contributed by atoms with Crippen molar-refractivity contribution in [2.24, 2.45) is 7.05 Å². The van der Waals surface area contributed by atoms with Crippen molar-refractivity contribution >= 4 is 22.6 Å². The van der Waals surface area contributed by atoms with Crippen molar-refractivity contribution in [2.75, 3.05) is 5.73 Å². The van der Waals surface area contributed by atoms with Crippen molar-refractivity contribution < 1.29 is 18.3 Å². The van der Waals surface area contributed by atoms with Gasteiger partial charge in [-0.25, -0.2) is 18.7 Å². The van der Waals surface area contributed by atoms with Gasteiger partial charge in [0.15, 0.2) is 11.6 Å². The van der Waals surface area contributed by atoms with E-state index in [1.807, 2.05) is 0 Å². The van der Waals surface area contributed by atoms with Crippen molar-refractivity contribution in [1.29, 1.82) is 5.26 Å². The normalized spacial score (nSPS) is 10.8. The lowest BCUT2D eigenvalue weighted by atomic mass is 9.97. The van der Waals surface area contributed by atoms with Crippen LogP contribution in [-0.4, -0.2) is 20.4 Å². The average Bonchev–Trinajstić information content (AvgIpc) is 3.27. The smallest absolute Gasteiger partial charge is 0.243 e. The van der Waals surface area contributed by atoms with Crippen LogP contribution in [0.25, 0.3) is 33.3 Å². The molecular weight excluding hydrogens is 514 g/mol. The molecule has 0 unspecified atom stereocenters. The van der Waals surface area contributed by atoms with E-state index in [9.17, 15) is 10.1 Å². The predicted octanol–water partition coefficient (Wildman–Crippen LogP) is 5.63. The van der Waals surface area contributed by atoms with Crippen molar-refractivity contribution in [3.05, 3.63) is 102 Å². The van der Waals surface area contributed by atoms with Crippen LogP contribution in [0.2, 0.25) is 0 Å². The lowest BCUT2D eigenvalue weighted by Crippen LogP contribution is -2.20. The standard InChI is InChI=1S/C30H22F2N6O2/c1-3-24(39)36-15-17-7-9-20(21(31)12-17)29-26(27-28(38(29)2)19(14-33)16-37-30(27)34)18-8-10-23(22(32)13-18)40-25-6-4-5-11-35-25/h3-13,16H,1,15H2,2H3,(H2,34,37)(H,36,39). The molecular formula is C30H22F2N6O2. The number of aromatic nitrogens is 3. The van der Waals surface area contributed by atoms with Gasteiger partial charge in [-0.2, -0.15) is 5.26 Å². The first-order valence-electron chi connectivity index (χ1n) is 12.1. The minimum Gasteiger partial charge on any atom is -0.436 e. The maximum absolute atomic E-state index is 15.7. The van der Waals surface area contributed by atoms with Gasteiger partial charge in [-0.1, -0.05) is 24.8 Å². The number of pyridine rings is 2. The van der Waals surface area contributed by atoms with Gasteiger partial charge in [0.2, 0.25) is 11.8 Å². The van der Waals surface area contributed by atoms with Crippen LogP contribution in [-0.2, 0) is 18.4 Å². The molecule has 0 aliphatic carbocycles. The van der Waals surface area contributed by atoms with Gasteiger partial charge in [0.05, 0.1) is 22.2 Å². The lowest BCUT2D eigenvalue weighted by Gasteiger charge is -2.13. The SMILES string of the molecule is C=CC(=O)NCc1ccc(-c2c(-c3ccc(Oc4ccccn4)c(F)c3)c3c(N)ncc(C#N)c3n2C)c(F)c1. The molecule has 5 rings (SSSR count). The molecule has 2 aromatic carbocycles. The van der Waals surface area contributed by atoms with Gasteiger partial charge >= 0.3 is 0 Å². The summed E-state index contributed by atoms with van der Waals surface area (Å²) in [6, 6.07) is 16.0. The fraction of sp³-hybridized carbons (Fsp3) is 0.0667. The lowest BCUT2D eigenvalue weighted by molar-refractivity contribution is -0.116. The minimum absolute atomic E-state index is 0.0508. The Morgan fingerprint density at radius 3 is 2.67 bits per heavy atom. The number of anilines is 1. The molecule has 0 spiro atoms. The van der Waals surface area contributed by atoms with Gasteiger partial charge in [0.1, 0.15) is 17.7 Å². The number of nitrogens with one attached hydrogen (secondary N) is 1. The zero-order chi connectivity index (χ0) is 28.4. The minimum atomic E-state index is -0.678. The highest BCUT2D eigenvalue weighted by molar-refractivity contribution is 6.10. The number of nitrogens with two attached hydrogens (primary N) is 1. The van der Waals surface area contributed by atoms with Crippen molar-refractivity contribution in [3.8, 4) is 40.1 Å². The second-order valence-electron chi connectivity index (χ2n) is 8.83. The van der Waals surface area contributed by atoms with Crippen LogP contribution in [0.15, 0.2) is 79.6 Å². The van der Waals surface area contributed by atoms with Gasteiger partial charge in [-0.05, 0) is 47.5 Å². The van der Waals surface area contributed by atoms with Crippen LogP contribution >= 0.6 is 0 Å². The van der Waals surface area contributed by atoms with Gasteiger partial charge in [-0.15, -0.1) is 0 Å². The van der Waals surface area contributed by atoms with Crippen LogP contribution in [0.3, 0.4) is 0 Å². The summed E-state index contributed by atoms with van der Waals surface area (Å²) in [6.07, 6.45) is 4.00. The first-order chi connectivity index (χ1) is 19.3. The Kier molecular flexibility index (Phi) is 6.95. The Morgan fingerprint density at radius 2 is 2.00 bits per heavy atom. The number of carbonyl (C=O) groups excluding carboxylic acids is 1. The van der Waals surface area contributed by atoms with E-state index < -0.39 is 11.6 Å². The second kappa shape index (κ2) is 10.7. The summed E-state index contributed by atoms with van der Waals surface area (Å²) in [6.45, 7) is 3.50. The number of hydrogen-bond acceptors (Lipinski definition) is 6. The molecule has 40 heavy (non-hydrogen) atoms. The maximum Gasteiger partial charge on any atom is 0.243 e. The summed E-state index contributed by atoms with van der Waals surface area (Å²) in [7, 11) is 1.67. The number of aryl methyl sites for hydroxylation is 1. The van der Waals surface area contributed by atoms with Gasteiger partial charge < -0.3 is 20.4 Å². The topological polar surface area (TPSA) is 119 Å². The highest BCUT2D eigenvalue weighted by Crippen LogP contribution is 2.44. The van der Waals surface area contributed by atoms with Crippen LogP contribution in [0.5, 0.6) is 11.6 Å². The number of nitrogen functional groups attached to an aromatic ring is 1. The van der Waals surface area contributed by atoms with Gasteiger partial charge in [0, 0.05) is 43.2 Å².